The van der Waals surface area contributed by atoms with E-state index in [1.165, 1.54) is 30.3 Å². The van der Waals surface area contributed by atoms with Crippen LogP contribution in [0.4, 0.5) is 0 Å². The molecule has 2 aromatic carbocycles. The van der Waals surface area contributed by atoms with E-state index in [0.29, 0.717) is 0 Å². The summed E-state index contributed by atoms with van der Waals surface area (Å²) < 4.78 is 12.2. The van der Waals surface area contributed by atoms with E-state index in [1.807, 2.05) is 22.1 Å². The van der Waals surface area contributed by atoms with Crippen LogP contribution in [0.2, 0.25) is 0 Å². The molecule has 0 saturated carbocycles. The molecular weight excluding hydrogens is 320 g/mol. The Bertz CT molecular complexity index is 839. The Morgan fingerprint density at radius 2 is 1.67 bits per heavy atom. The van der Waals surface area contributed by atoms with E-state index in [9.17, 15) is 0 Å². The molecule has 1 aliphatic rings. The van der Waals surface area contributed by atoms with E-state index in [2.05, 4.69) is 36.4 Å². The third-order valence-electron chi connectivity index (χ3n) is 3.50. The van der Waals surface area contributed by atoms with Gasteiger partial charge >= 0.3 is 0 Å². The summed E-state index contributed by atoms with van der Waals surface area (Å²) in [5.41, 5.74) is 1.24. The highest BCUT2D eigenvalue weighted by atomic mass is 33.1. The van der Waals surface area contributed by atoms with Crippen LogP contribution in [0.5, 0.6) is 11.5 Å². The van der Waals surface area contributed by atoms with Crippen LogP contribution in [0.3, 0.4) is 0 Å². The largest absolute Gasteiger partial charge is 0.493 e. The summed E-state index contributed by atoms with van der Waals surface area (Å²) in [5, 5.41) is 1.34. The summed E-state index contributed by atoms with van der Waals surface area (Å²) in [4.78, 5) is 3.92. The number of hydrogen-bond acceptors (Lipinski definition) is 5. The third-order valence-corrected chi connectivity index (χ3v) is 7.31. The first-order valence-corrected chi connectivity index (χ1v) is 9.41. The van der Waals surface area contributed by atoms with E-state index < -0.39 is 0 Å². The van der Waals surface area contributed by atoms with E-state index in [0.717, 1.165) is 11.5 Å². The second kappa shape index (κ2) is 5.16. The summed E-state index contributed by atoms with van der Waals surface area (Å²) in [5.74, 6) is 1.57. The SMILES string of the molecule is COc1cc2c(cc1OC)-c1sc3ccccc3c1SS2. The maximum absolute atomic E-state index is 5.45. The zero-order valence-electron chi connectivity index (χ0n) is 11.5. The zero-order chi connectivity index (χ0) is 14.4. The Kier molecular flexibility index (Phi) is 3.28. The van der Waals surface area contributed by atoms with Gasteiger partial charge in [-0.05, 0) is 18.2 Å². The summed E-state index contributed by atoms with van der Waals surface area (Å²) in [6.07, 6.45) is 0. The zero-order valence-corrected chi connectivity index (χ0v) is 14.0. The van der Waals surface area contributed by atoms with Gasteiger partial charge < -0.3 is 9.47 Å². The first kappa shape index (κ1) is 13.4. The summed E-state index contributed by atoms with van der Waals surface area (Å²) in [6.45, 7) is 0. The van der Waals surface area contributed by atoms with Gasteiger partial charge in [0.1, 0.15) is 0 Å². The molecule has 0 bridgehead atoms. The summed E-state index contributed by atoms with van der Waals surface area (Å²) in [7, 11) is 6.98. The molecule has 1 aromatic heterocycles. The lowest BCUT2D eigenvalue weighted by molar-refractivity contribution is 0.354. The smallest absolute Gasteiger partial charge is 0.161 e. The molecule has 106 valence electrons. The van der Waals surface area contributed by atoms with Gasteiger partial charge in [0.05, 0.1) is 19.1 Å². The normalized spacial score (nSPS) is 12.9. The number of methoxy groups -OCH3 is 2. The molecule has 5 heteroatoms. The molecule has 0 radical (unpaired) electrons. The number of fused-ring (bicyclic) bond motifs is 5. The molecule has 0 spiro atoms. The molecule has 4 rings (SSSR count). The molecule has 0 aliphatic carbocycles. The van der Waals surface area contributed by atoms with E-state index in [4.69, 9.17) is 9.47 Å². The van der Waals surface area contributed by atoms with Gasteiger partial charge in [0.25, 0.3) is 0 Å². The van der Waals surface area contributed by atoms with Crippen molar-refractivity contribution in [2.24, 2.45) is 0 Å². The van der Waals surface area contributed by atoms with Gasteiger partial charge in [-0.2, -0.15) is 0 Å². The first-order valence-electron chi connectivity index (χ1n) is 6.44. The molecule has 0 amide bonds. The van der Waals surface area contributed by atoms with Gasteiger partial charge in [-0.1, -0.05) is 39.8 Å². The average molecular weight is 332 g/mol. The summed E-state index contributed by atoms with van der Waals surface area (Å²) >= 11 is 1.84. The maximum Gasteiger partial charge on any atom is 0.161 e. The van der Waals surface area contributed by atoms with Crippen LogP contribution in [0, 0.1) is 0 Å². The average Bonchev–Trinajstić information content (AvgIpc) is 2.92. The molecule has 3 aromatic rings. The molecule has 2 heterocycles. The van der Waals surface area contributed by atoms with Crippen molar-refractivity contribution < 1.29 is 9.47 Å². The van der Waals surface area contributed by atoms with Crippen molar-refractivity contribution in [1.82, 2.24) is 0 Å². The van der Waals surface area contributed by atoms with Crippen molar-refractivity contribution in [1.29, 1.82) is 0 Å². The second-order valence-corrected chi connectivity index (χ2v) is 7.86. The van der Waals surface area contributed by atoms with Gasteiger partial charge in [-0.15, -0.1) is 11.3 Å². The quantitative estimate of drug-likeness (QED) is 0.560. The topological polar surface area (TPSA) is 18.5 Å². The Labute approximate surface area is 134 Å². The standard InChI is InChI=1S/C16H12O2S3/c1-17-11-7-10-14(8-12(11)18-2)20-21-16-9-5-3-4-6-13(9)19-15(10)16/h3-8H,1-2H3. The predicted molar refractivity (Wildman–Crippen MR) is 92.1 cm³/mol. The Hall–Kier alpha value is -1.30. The maximum atomic E-state index is 5.45. The van der Waals surface area contributed by atoms with Crippen LogP contribution >= 0.6 is 32.9 Å². The van der Waals surface area contributed by atoms with E-state index in [-0.39, 0.29) is 0 Å². The highest BCUT2D eigenvalue weighted by Crippen LogP contribution is 2.58. The number of hydrogen-bond donors (Lipinski definition) is 0. The van der Waals surface area contributed by atoms with Gasteiger partial charge in [0.2, 0.25) is 0 Å². The van der Waals surface area contributed by atoms with Crippen LogP contribution in [-0.4, -0.2) is 14.2 Å². The number of benzene rings is 2. The number of thiophene rings is 1. The monoisotopic (exact) mass is 332 g/mol. The molecule has 2 nitrogen and oxygen atoms in total. The van der Waals surface area contributed by atoms with E-state index >= 15 is 0 Å². The van der Waals surface area contributed by atoms with Crippen molar-refractivity contribution in [2.45, 2.75) is 9.79 Å². The Balaban J connectivity index is 1.99. The molecule has 21 heavy (non-hydrogen) atoms. The van der Waals surface area contributed by atoms with Crippen LogP contribution in [-0.2, 0) is 0 Å². The van der Waals surface area contributed by atoms with Gasteiger partial charge in [-0.25, -0.2) is 0 Å². The molecule has 0 saturated heterocycles. The molecule has 0 atom stereocenters. The first-order chi connectivity index (χ1) is 10.3. The minimum Gasteiger partial charge on any atom is -0.493 e. The Morgan fingerprint density at radius 1 is 0.905 bits per heavy atom. The van der Waals surface area contributed by atoms with Crippen molar-refractivity contribution in [3.63, 3.8) is 0 Å². The number of rotatable bonds is 2. The molecular formula is C16H12O2S3. The van der Waals surface area contributed by atoms with Crippen molar-refractivity contribution >= 4 is 43.0 Å². The Morgan fingerprint density at radius 3 is 2.48 bits per heavy atom. The lowest BCUT2D eigenvalue weighted by Gasteiger charge is -2.18. The van der Waals surface area contributed by atoms with Crippen LogP contribution in [0.15, 0.2) is 46.2 Å². The second-order valence-electron chi connectivity index (χ2n) is 4.63. The fourth-order valence-corrected chi connectivity index (χ4v) is 6.63. The highest BCUT2D eigenvalue weighted by molar-refractivity contribution is 8.77. The van der Waals surface area contributed by atoms with Crippen LogP contribution in [0.25, 0.3) is 20.5 Å². The minimum absolute atomic E-state index is 0.784. The van der Waals surface area contributed by atoms with Gasteiger partial charge in [0.15, 0.2) is 11.5 Å². The summed E-state index contributed by atoms with van der Waals surface area (Å²) in [6, 6.07) is 12.7. The lowest BCUT2D eigenvalue weighted by atomic mass is 10.1. The van der Waals surface area contributed by atoms with Gasteiger partial charge in [0, 0.05) is 25.4 Å². The molecule has 0 unspecified atom stereocenters. The third kappa shape index (κ3) is 2.03. The van der Waals surface area contributed by atoms with Crippen LogP contribution in [0.1, 0.15) is 0 Å². The van der Waals surface area contributed by atoms with E-state index in [1.54, 1.807) is 25.0 Å². The van der Waals surface area contributed by atoms with Crippen molar-refractivity contribution in [3.8, 4) is 21.9 Å². The molecule has 0 N–H and O–H groups in total. The number of ether oxygens (including phenoxy) is 2. The van der Waals surface area contributed by atoms with Crippen molar-refractivity contribution in [2.75, 3.05) is 14.2 Å². The lowest BCUT2D eigenvalue weighted by Crippen LogP contribution is -1.93. The molecule has 0 fully saturated rings. The van der Waals surface area contributed by atoms with Crippen molar-refractivity contribution in [3.05, 3.63) is 36.4 Å². The fourth-order valence-electron chi connectivity index (χ4n) is 2.48. The minimum atomic E-state index is 0.784. The molecule has 1 aliphatic heterocycles. The fraction of sp³-hybridized carbons (Fsp3) is 0.125. The predicted octanol–water partition coefficient (Wildman–Crippen LogP) is 5.70. The highest BCUT2D eigenvalue weighted by Gasteiger charge is 2.24. The van der Waals surface area contributed by atoms with Gasteiger partial charge in [-0.3, -0.25) is 0 Å². The van der Waals surface area contributed by atoms with Crippen LogP contribution < -0.4 is 9.47 Å².